The zero-order chi connectivity index (χ0) is 30.0. The van der Waals surface area contributed by atoms with E-state index in [1.165, 1.54) is 4.90 Å². The Balaban J connectivity index is 2.08. The molecule has 41 heavy (non-hydrogen) atoms. The number of unbranched alkanes of at least 4 members (excludes halogenated alkanes) is 1. The van der Waals surface area contributed by atoms with Gasteiger partial charge in [-0.05, 0) is 47.7 Å². The van der Waals surface area contributed by atoms with Crippen LogP contribution in [-0.4, -0.2) is 50.5 Å². The van der Waals surface area contributed by atoms with E-state index in [0.717, 1.165) is 34.5 Å². The third-order valence-electron chi connectivity index (χ3n) is 6.78. The summed E-state index contributed by atoms with van der Waals surface area (Å²) in [6.45, 7) is 3.92. The van der Waals surface area contributed by atoms with Crippen molar-refractivity contribution in [2.75, 3.05) is 23.7 Å². The molecule has 0 unspecified atom stereocenters. The van der Waals surface area contributed by atoms with Gasteiger partial charge in [-0.25, -0.2) is 8.42 Å². The minimum atomic E-state index is -3.85. The maximum Gasteiger partial charge on any atom is 0.244 e. The molecule has 3 aromatic carbocycles. The van der Waals surface area contributed by atoms with Crippen LogP contribution in [0.5, 0.6) is 0 Å². The van der Waals surface area contributed by atoms with Crippen molar-refractivity contribution in [3.05, 3.63) is 99.5 Å². The summed E-state index contributed by atoms with van der Waals surface area (Å²) in [5.41, 5.74) is 2.67. The highest BCUT2D eigenvalue weighted by Gasteiger charge is 2.33. The number of hydrogen-bond donors (Lipinski definition) is 1. The molecule has 220 valence electrons. The highest BCUT2D eigenvalue weighted by molar-refractivity contribution is 7.92. The number of halogens is 2. The topological polar surface area (TPSA) is 86.8 Å². The Morgan fingerprint density at radius 3 is 2.24 bits per heavy atom. The normalized spacial score (nSPS) is 12.0. The molecule has 7 nitrogen and oxygen atoms in total. The average Bonchev–Trinajstić information content (AvgIpc) is 2.94. The fraction of sp³-hybridized carbons (Fsp3) is 0.355. The Morgan fingerprint density at radius 2 is 1.61 bits per heavy atom. The number of carbonyl (C=O) groups is 2. The van der Waals surface area contributed by atoms with Crippen LogP contribution in [0.1, 0.15) is 43.4 Å². The monoisotopic (exact) mass is 617 g/mol. The number of sulfonamides is 1. The van der Waals surface area contributed by atoms with E-state index < -0.39 is 28.5 Å². The first-order valence-corrected chi connectivity index (χ1v) is 16.3. The smallest absolute Gasteiger partial charge is 0.244 e. The van der Waals surface area contributed by atoms with Crippen LogP contribution < -0.4 is 9.62 Å². The first-order chi connectivity index (χ1) is 19.5. The fourth-order valence-corrected chi connectivity index (χ4v) is 5.89. The molecular formula is C31H37Cl2N3O4S. The molecule has 0 fully saturated rings. The molecule has 0 aliphatic rings. The van der Waals surface area contributed by atoms with E-state index in [-0.39, 0.29) is 18.9 Å². The van der Waals surface area contributed by atoms with Crippen LogP contribution in [0.4, 0.5) is 5.69 Å². The number of aryl methyl sites for hydroxylation is 1. The highest BCUT2D eigenvalue weighted by Crippen LogP contribution is 2.27. The molecule has 1 atom stereocenters. The molecule has 0 aliphatic heterocycles. The van der Waals surface area contributed by atoms with E-state index in [9.17, 15) is 18.0 Å². The number of anilines is 1. The van der Waals surface area contributed by atoms with Crippen molar-refractivity contribution in [1.29, 1.82) is 0 Å². The van der Waals surface area contributed by atoms with Gasteiger partial charge in [0.25, 0.3) is 0 Å². The van der Waals surface area contributed by atoms with Crippen LogP contribution in [-0.2, 0) is 39.0 Å². The summed E-state index contributed by atoms with van der Waals surface area (Å²) in [4.78, 5) is 29.3. The quantitative estimate of drug-likeness (QED) is 0.229. The summed E-state index contributed by atoms with van der Waals surface area (Å²) in [6.07, 6.45) is 3.58. The van der Waals surface area contributed by atoms with Crippen molar-refractivity contribution in [3.8, 4) is 0 Å². The zero-order valence-electron chi connectivity index (χ0n) is 23.6. The van der Waals surface area contributed by atoms with Gasteiger partial charge in [0.1, 0.15) is 12.6 Å². The minimum absolute atomic E-state index is 0.0133. The first-order valence-electron chi connectivity index (χ1n) is 13.7. The van der Waals surface area contributed by atoms with Gasteiger partial charge in [0.2, 0.25) is 21.8 Å². The van der Waals surface area contributed by atoms with E-state index >= 15 is 0 Å². The molecule has 1 N–H and O–H groups in total. The molecule has 0 bridgehead atoms. The van der Waals surface area contributed by atoms with Gasteiger partial charge >= 0.3 is 0 Å². The summed E-state index contributed by atoms with van der Waals surface area (Å²) >= 11 is 12.6. The molecule has 3 rings (SSSR count). The number of nitrogens with zero attached hydrogens (tertiary/aromatic N) is 2. The van der Waals surface area contributed by atoms with Crippen LogP contribution >= 0.6 is 23.2 Å². The first kappa shape index (κ1) is 32.4. The third kappa shape index (κ3) is 9.21. The Labute approximate surface area is 253 Å². The van der Waals surface area contributed by atoms with Gasteiger partial charge in [0.15, 0.2) is 0 Å². The molecule has 0 aromatic heterocycles. The Kier molecular flexibility index (Phi) is 12.1. The summed E-state index contributed by atoms with van der Waals surface area (Å²) in [5, 5.41) is 3.75. The van der Waals surface area contributed by atoms with Gasteiger partial charge in [-0.3, -0.25) is 13.9 Å². The third-order valence-corrected chi connectivity index (χ3v) is 8.49. The van der Waals surface area contributed by atoms with Crippen LogP contribution in [0.25, 0.3) is 0 Å². The lowest BCUT2D eigenvalue weighted by molar-refractivity contribution is -0.140. The molecule has 3 aromatic rings. The van der Waals surface area contributed by atoms with E-state index in [4.69, 9.17) is 23.2 Å². The largest absolute Gasteiger partial charge is 0.354 e. The van der Waals surface area contributed by atoms with E-state index in [0.29, 0.717) is 34.3 Å². The Morgan fingerprint density at radius 1 is 0.927 bits per heavy atom. The number of benzene rings is 3. The van der Waals surface area contributed by atoms with Gasteiger partial charge in [0, 0.05) is 29.6 Å². The van der Waals surface area contributed by atoms with Crippen molar-refractivity contribution in [2.45, 2.75) is 52.1 Å². The lowest BCUT2D eigenvalue weighted by atomic mass is 10.0. The number of para-hydroxylation sites is 1. The zero-order valence-corrected chi connectivity index (χ0v) is 26.0. The van der Waals surface area contributed by atoms with Gasteiger partial charge in [-0.2, -0.15) is 0 Å². The second-order valence-corrected chi connectivity index (χ2v) is 12.6. The summed E-state index contributed by atoms with van der Waals surface area (Å²) in [5.74, 6) is -0.848. The van der Waals surface area contributed by atoms with E-state index in [1.807, 2.05) is 56.3 Å². The summed E-state index contributed by atoms with van der Waals surface area (Å²) in [6, 6.07) is 20.5. The van der Waals surface area contributed by atoms with E-state index in [1.54, 1.807) is 30.3 Å². The average molecular weight is 619 g/mol. The maximum absolute atomic E-state index is 14.2. The Bertz CT molecular complexity index is 1430. The van der Waals surface area contributed by atoms with Gasteiger partial charge in [-0.15, -0.1) is 0 Å². The summed E-state index contributed by atoms with van der Waals surface area (Å²) in [7, 11) is -3.85. The fourth-order valence-electron chi connectivity index (χ4n) is 4.54. The Hall–Kier alpha value is -3.07. The van der Waals surface area contributed by atoms with Crippen LogP contribution in [0.15, 0.2) is 72.8 Å². The van der Waals surface area contributed by atoms with Gasteiger partial charge in [0.05, 0.1) is 11.9 Å². The predicted molar refractivity (Wildman–Crippen MR) is 167 cm³/mol. The molecule has 10 heteroatoms. The van der Waals surface area contributed by atoms with Crippen molar-refractivity contribution < 1.29 is 18.0 Å². The van der Waals surface area contributed by atoms with Crippen molar-refractivity contribution >= 4 is 50.7 Å². The number of hydrogen-bond acceptors (Lipinski definition) is 4. The van der Waals surface area contributed by atoms with Gasteiger partial charge < -0.3 is 10.2 Å². The maximum atomic E-state index is 14.2. The molecule has 0 heterocycles. The molecule has 2 amide bonds. The minimum Gasteiger partial charge on any atom is -0.354 e. The van der Waals surface area contributed by atoms with E-state index in [2.05, 4.69) is 5.32 Å². The number of nitrogens with one attached hydrogen (secondary N) is 1. The van der Waals surface area contributed by atoms with Crippen molar-refractivity contribution in [3.63, 3.8) is 0 Å². The van der Waals surface area contributed by atoms with Crippen LogP contribution in [0.2, 0.25) is 10.0 Å². The number of amides is 2. The molecule has 0 radical (unpaired) electrons. The molecule has 0 saturated heterocycles. The van der Waals surface area contributed by atoms with Gasteiger partial charge in [-0.1, -0.05) is 98.1 Å². The van der Waals surface area contributed by atoms with Crippen LogP contribution in [0.3, 0.4) is 0 Å². The molecule has 0 spiro atoms. The van der Waals surface area contributed by atoms with Crippen molar-refractivity contribution in [1.82, 2.24) is 10.2 Å². The second kappa shape index (κ2) is 15.2. The molecule has 0 aliphatic carbocycles. The molecule has 0 saturated carbocycles. The standard InChI is InChI=1S/C31H37Cl2N3O4S/c1-4-6-18-34-31(38)29(19-23-12-8-7-9-13-23)35(21-25-16-17-26(32)20-27(25)33)30(37)22-36(41(3,39)40)28-15-11-10-14-24(28)5-2/h7-17,20,29H,4-6,18-19,21-22H2,1-3H3,(H,34,38)/t29-/m1/s1. The SMILES string of the molecule is CCCCNC(=O)[C@@H](Cc1ccccc1)N(Cc1ccc(Cl)cc1Cl)C(=O)CN(c1ccccc1CC)S(C)(=O)=O. The summed E-state index contributed by atoms with van der Waals surface area (Å²) < 4.78 is 27.1. The van der Waals surface area contributed by atoms with Crippen LogP contribution in [0, 0.1) is 0 Å². The number of rotatable bonds is 14. The lowest BCUT2D eigenvalue weighted by Crippen LogP contribution is -2.53. The lowest BCUT2D eigenvalue weighted by Gasteiger charge is -2.34. The number of carbonyl (C=O) groups excluding carboxylic acids is 2. The molecular weight excluding hydrogens is 581 g/mol. The highest BCUT2D eigenvalue weighted by atomic mass is 35.5. The van der Waals surface area contributed by atoms with Crippen molar-refractivity contribution in [2.24, 2.45) is 0 Å². The predicted octanol–water partition coefficient (Wildman–Crippen LogP) is 5.88. The second-order valence-electron chi connectivity index (χ2n) is 9.86.